The number of para-hydroxylation sites is 1. The van der Waals surface area contributed by atoms with E-state index in [0.717, 1.165) is 24.3 Å². The normalized spacial score (nSPS) is 10.6. The lowest BCUT2D eigenvalue weighted by Gasteiger charge is -2.11. The van der Waals surface area contributed by atoms with Gasteiger partial charge in [-0.2, -0.15) is 0 Å². The average Bonchev–Trinajstić information content (AvgIpc) is 2.68. The van der Waals surface area contributed by atoms with E-state index in [1.807, 2.05) is 17.8 Å². The van der Waals surface area contributed by atoms with E-state index >= 15 is 0 Å². The van der Waals surface area contributed by atoms with Crippen LogP contribution in [0, 0.1) is 0 Å². The summed E-state index contributed by atoms with van der Waals surface area (Å²) in [7, 11) is 0. The number of thioether (sulfide) groups is 1. The predicted octanol–water partition coefficient (Wildman–Crippen LogP) is 6.51. The molecule has 0 atom stereocenters. The summed E-state index contributed by atoms with van der Waals surface area (Å²) in [5.41, 5.74) is 3.85. The van der Waals surface area contributed by atoms with Crippen LogP contribution in [0.15, 0.2) is 83.8 Å². The molecule has 0 heterocycles. The van der Waals surface area contributed by atoms with Crippen molar-refractivity contribution >= 4 is 11.8 Å². The first-order chi connectivity index (χ1) is 12.3. The summed E-state index contributed by atoms with van der Waals surface area (Å²) in [6.45, 7) is 2.81. The third kappa shape index (κ3) is 5.40. The highest BCUT2D eigenvalue weighted by Crippen LogP contribution is 2.24. The van der Waals surface area contributed by atoms with Gasteiger partial charge in [-0.3, -0.25) is 0 Å². The molecule has 0 fully saturated rings. The molecule has 0 aromatic heterocycles. The summed E-state index contributed by atoms with van der Waals surface area (Å²) in [5, 5.41) is 0. The van der Waals surface area contributed by atoms with Gasteiger partial charge in [0.15, 0.2) is 0 Å². The zero-order chi connectivity index (χ0) is 17.3. The van der Waals surface area contributed by atoms with Crippen LogP contribution in [0.25, 0.3) is 0 Å². The Morgan fingerprint density at radius 2 is 1.48 bits per heavy atom. The molecule has 0 saturated heterocycles. The van der Waals surface area contributed by atoms with Gasteiger partial charge in [-0.25, -0.2) is 0 Å². The van der Waals surface area contributed by atoms with Gasteiger partial charge in [-0.1, -0.05) is 74.0 Å². The molecule has 0 spiro atoms. The molecule has 0 aliphatic rings. The molecular formula is C23H24OS. The molecule has 25 heavy (non-hydrogen) atoms. The van der Waals surface area contributed by atoms with Crippen LogP contribution in [0.3, 0.4) is 0 Å². The van der Waals surface area contributed by atoms with Crippen LogP contribution in [0.1, 0.15) is 30.0 Å². The smallest absolute Gasteiger partial charge is 0.122 e. The van der Waals surface area contributed by atoms with Crippen molar-refractivity contribution in [2.24, 2.45) is 0 Å². The average molecular weight is 349 g/mol. The van der Waals surface area contributed by atoms with E-state index in [1.165, 1.54) is 21.6 Å². The van der Waals surface area contributed by atoms with Crippen LogP contribution >= 0.6 is 11.8 Å². The van der Waals surface area contributed by atoms with Crippen molar-refractivity contribution in [3.63, 3.8) is 0 Å². The SMILES string of the molecule is CCCc1ccccc1OCc1ccc(SCc2ccccc2)cc1. The third-order valence-corrected chi connectivity index (χ3v) is 5.14. The molecule has 3 rings (SSSR count). The third-order valence-electron chi connectivity index (χ3n) is 4.06. The molecule has 0 aliphatic heterocycles. The molecule has 2 heteroatoms. The molecule has 3 aromatic rings. The van der Waals surface area contributed by atoms with Crippen LogP contribution in [0.5, 0.6) is 5.75 Å². The second kappa shape index (κ2) is 9.33. The zero-order valence-corrected chi connectivity index (χ0v) is 15.5. The Morgan fingerprint density at radius 1 is 0.760 bits per heavy atom. The number of benzene rings is 3. The predicted molar refractivity (Wildman–Crippen MR) is 107 cm³/mol. The first-order valence-corrected chi connectivity index (χ1v) is 9.80. The summed E-state index contributed by atoms with van der Waals surface area (Å²) in [5.74, 6) is 2.01. The van der Waals surface area contributed by atoms with Crippen molar-refractivity contribution in [1.29, 1.82) is 0 Å². The van der Waals surface area contributed by atoms with Crippen LogP contribution in [0.2, 0.25) is 0 Å². The highest BCUT2D eigenvalue weighted by Gasteiger charge is 2.03. The molecule has 0 aliphatic carbocycles. The van der Waals surface area contributed by atoms with E-state index in [1.54, 1.807) is 0 Å². The summed E-state index contributed by atoms with van der Waals surface area (Å²) >= 11 is 1.86. The fourth-order valence-corrected chi connectivity index (χ4v) is 3.56. The fourth-order valence-electron chi connectivity index (χ4n) is 2.70. The molecule has 128 valence electrons. The molecule has 0 bridgehead atoms. The Hall–Kier alpha value is -2.19. The number of rotatable bonds is 8. The lowest BCUT2D eigenvalue weighted by atomic mass is 10.1. The van der Waals surface area contributed by atoms with E-state index in [0.29, 0.717) is 6.61 Å². The minimum atomic E-state index is 0.615. The van der Waals surface area contributed by atoms with Gasteiger partial charge in [0.2, 0.25) is 0 Å². The highest BCUT2D eigenvalue weighted by atomic mass is 32.2. The maximum Gasteiger partial charge on any atom is 0.122 e. The largest absolute Gasteiger partial charge is 0.489 e. The van der Waals surface area contributed by atoms with Gasteiger partial charge >= 0.3 is 0 Å². The molecule has 0 amide bonds. The second-order valence-corrected chi connectivity index (χ2v) is 7.11. The van der Waals surface area contributed by atoms with E-state index in [2.05, 4.69) is 79.7 Å². The molecule has 1 nitrogen and oxygen atoms in total. The first-order valence-electron chi connectivity index (χ1n) is 8.81. The van der Waals surface area contributed by atoms with Gasteiger partial charge in [0, 0.05) is 10.6 Å². The summed E-state index contributed by atoms with van der Waals surface area (Å²) in [4.78, 5) is 1.29. The van der Waals surface area contributed by atoms with Gasteiger partial charge in [-0.05, 0) is 41.3 Å². The van der Waals surface area contributed by atoms with Crippen molar-refractivity contribution in [2.75, 3.05) is 0 Å². The van der Waals surface area contributed by atoms with Crippen LogP contribution in [-0.2, 0) is 18.8 Å². The maximum atomic E-state index is 6.04. The van der Waals surface area contributed by atoms with Crippen LogP contribution in [-0.4, -0.2) is 0 Å². The second-order valence-electron chi connectivity index (χ2n) is 6.06. The monoisotopic (exact) mass is 348 g/mol. The molecule has 0 saturated carbocycles. The molecule has 3 aromatic carbocycles. The van der Waals surface area contributed by atoms with Gasteiger partial charge < -0.3 is 4.74 Å². The molecule has 0 radical (unpaired) electrons. The highest BCUT2D eigenvalue weighted by molar-refractivity contribution is 7.98. The standard InChI is InChI=1S/C23H24OS/c1-2-8-21-11-6-7-12-23(21)24-17-19-13-15-22(16-14-19)25-18-20-9-4-3-5-10-20/h3-7,9-16H,2,8,17-18H2,1H3. The van der Waals surface area contributed by atoms with Crippen molar-refractivity contribution in [3.8, 4) is 5.75 Å². The van der Waals surface area contributed by atoms with E-state index < -0.39 is 0 Å². The molecule has 0 N–H and O–H groups in total. The van der Waals surface area contributed by atoms with Gasteiger partial charge in [0.1, 0.15) is 12.4 Å². The minimum Gasteiger partial charge on any atom is -0.489 e. The molecule has 0 unspecified atom stereocenters. The van der Waals surface area contributed by atoms with E-state index in [4.69, 9.17) is 4.74 Å². The van der Waals surface area contributed by atoms with Crippen LogP contribution < -0.4 is 4.74 Å². The van der Waals surface area contributed by atoms with Crippen molar-refractivity contribution < 1.29 is 4.74 Å². The lowest BCUT2D eigenvalue weighted by Crippen LogP contribution is -1.98. The van der Waals surface area contributed by atoms with E-state index in [-0.39, 0.29) is 0 Å². The Bertz CT molecular complexity index is 766. The molecular weight excluding hydrogens is 324 g/mol. The van der Waals surface area contributed by atoms with Gasteiger partial charge in [0.25, 0.3) is 0 Å². The lowest BCUT2D eigenvalue weighted by molar-refractivity contribution is 0.302. The van der Waals surface area contributed by atoms with Gasteiger partial charge in [-0.15, -0.1) is 11.8 Å². The summed E-state index contributed by atoms with van der Waals surface area (Å²) in [6.07, 6.45) is 2.19. The van der Waals surface area contributed by atoms with Crippen LogP contribution in [0.4, 0.5) is 0 Å². The van der Waals surface area contributed by atoms with E-state index in [9.17, 15) is 0 Å². The first kappa shape index (κ1) is 17.6. The Balaban J connectivity index is 1.54. The topological polar surface area (TPSA) is 9.23 Å². The Labute approximate surface area is 155 Å². The summed E-state index contributed by atoms with van der Waals surface area (Å²) < 4.78 is 6.04. The minimum absolute atomic E-state index is 0.615. The number of ether oxygens (including phenoxy) is 1. The Morgan fingerprint density at radius 3 is 2.24 bits per heavy atom. The van der Waals surface area contributed by atoms with Crippen molar-refractivity contribution in [3.05, 3.63) is 95.6 Å². The van der Waals surface area contributed by atoms with Crippen molar-refractivity contribution in [2.45, 2.75) is 37.0 Å². The van der Waals surface area contributed by atoms with Gasteiger partial charge in [0.05, 0.1) is 0 Å². The quantitative estimate of drug-likeness (QED) is 0.429. The fraction of sp³-hybridized carbons (Fsp3) is 0.217. The number of hydrogen-bond acceptors (Lipinski definition) is 2. The zero-order valence-electron chi connectivity index (χ0n) is 14.7. The van der Waals surface area contributed by atoms with Crippen molar-refractivity contribution in [1.82, 2.24) is 0 Å². The number of aryl methyl sites for hydroxylation is 1. The summed E-state index contributed by atoms with van der Waals surface area (Å²) in [6, 6.07) is 27.6. The Kier molecular flexibility index (Phi) is 6.58. The maximum absolute atomic E-state index is 6.04. The number of hydrogen-bond donors (Lipinski definition) is 0.